The minimum Gasteiger partial charge on any atom is -0.480 e. The third-order valence-corrected chi connectivity index (χ3v) is 3.18. The molecule has 0 saturated heterocycles. The number of rotatable bonds is 8. The third kappa shape index (κ3) is 7.27. The largest absolute Gasteiger partial charge is 0.480 e. The van der Waals surface area contributed by atoms with Gasteiger partial charge in [0, 0.05) is 0 Å². The topological polar surface area (TPSA) is 113 Å². The molecule has 0 amide bonds. The SMILES string of the molecule is CC(C)OCCS(=O)(=O)N[C@H](C(=O)O)[C@@H](C)O. The smallest absolute Gasteiger partial charge is 0.324 e. The van der Waals surface area contributed by atoms with Gasteiger partial charge in [-0.25, -0.2) is 8.42 Å². The van der Waals surface area contributed by atoms with E-state index in [4.69, 9.17) is 14.9 Å². The molecule has 0 aromatic heterocycles. The van der Waals surface area contributed by atoms with Crippen LogP contribution in [-0.2, 0) is 19.6 Å². The summed E-state index contributed by atoms with van der Waals surface area (Å²) in [5.41, 5.74) is 0. The minimum absolute atomic E-state index is 0.0286. The van der Waals surface area contributed by atoms with Gasteiger partial charge < -0.3 is 14.9 Å². The number of carbonyl (C=O) groups is 1. The van der Waals surface area contributed by atoms with E-state index in [0.717, 1.165) is 0 Å². The lowest BCUT2D eigenvalue weighted by atomic mass is 10.2. The van der Waals surface area contributed by atoms with Gasteiger partial charge in [-0.2, -0.15) is 4.72 Å². The van der Waals surface area contributed by atoms with Crippen LogP contribution in [0.4, 0.5) is 0 Å². The quantitative estimate of drug-likeness (QED) is 0.530. The Morgan fingerprint density at radius 3 is 2.24 bits per heavy atom. The predicted octanol–water partition coefficient (Wildman–Crippen LogP) is -0.835. The van der Waals surface area contributed by atoms with Gasteiger partial charge in [-0.15, -0.1) is 0 Å². The molecule has 102 valence electrons. The highest BCUT2D eigenvalue weighted by molar-refractivity contribution is 7.89. The van der Waals surface area contributed by atoms with Gasteiger partial charge in [0.05, 0.1) is 24.6 Å². The molecule has 0 saturated carbocycles. The molecule has 0 unspecified atom stereocenters. The monoisotopic (exact) mass is 269 g/mol. The van der Waals surface area contributed by atoms with Gasteiger partial charge in [-0.1, -0.05) is 0 Å². The number of hydrogen-bond acceptors (Lipinski definition) is 5. The molecule has 0 bridgehead atoms. The average Bonchev–Trinajstić information content (AvgIpc) is 2.12. The molecular formula is C9H19NO6S. The number of sulfonamides is 1. The number of aliphatic hydroxyl groups is 1. The van der Waals surface area contributed by atoms with E-state index in [2.05, 4.69) is 0 Å². The molecular weight excluding hydrogens is 250 g/mol. The van der Waals surface area contributed by atoms with Gasteiger partial charge in [0.1, 0.15) is 6.04 Å². The number of carboxylic acids is 1. The molecule has 0 rings (SSSR count). The molecule has 0 aromatic carbocycles. The average molecular weight is 269 g/mol. The van der Waals surface area contributed by atoms with E-state index in [1.807, 2.05) is 4.72 Å². The lowest BCUT2D eigenvalue weighted by Gasteiger charge is -2.17. The van der Waals surface area contributed by atoms with E-state index in [-0.39, 0.29) is 18.5 Å². The fourth-order valence-corrected chi connectivity index (χ4v) is 2.12. The maximum Gasteiger partial charge on any atom is 0.324 e. The zero-order valence-electron chi connectivity index (χ0n) is 10.1. The van der Waals surface area contributed by atoms with Crippen molar-refractivity contribution in [2.45, 2.75) is 39.0 Å². The Bertz CT molecular complexity index is 337. The minimum atomic E-state index is -3.78. The molecule has 7 nitrogen and oxygen atoms in total. The molecule has 0 aromatic rings. The van der Waals surface area contributed by atoms with E-state index in [9.17, 15) is 13.2 Å². The van der Waals surface area contributed by atoms with E-state index >= 15 is 0 Å². The Labute approximate surface area is 101 Å². The van der Waals surface area contributed by atoms with Crippen LogP contribution in [0.5, 0.6) is 0 Å². The Balaban J connectivity index is 4.37. The molecule has 0 aliphatic rings. The first-order valence-electron chi connectivity index (χ1n) is 5.18. The number of aliphatic carboxylic acids is 1. The second kappa shape index (κ2) is 6.90. The van der Waals surface area contributed by atoms with Crippen LogP contribution < -0.4 is 4.72 Å². The zero-order valence-corrected chi connectivity index (χ0v) is 10.9. The maximum absolute atomic E-state index is 11.5. The molecule has 0 aliphatic heterocycles. The van der Waals surface area contributed by atoms with E-state index in [1.54, 1.807) is 13.8 Å². The number of ether oxygens (including phenoxy) is 1. The first kappa shape index (κ1) is 16.3. The maximum atomic E-state index is 11.5. The molecule has 8 heteroatoms. The van der Waals surface area contributed by atoms with Crippen LogP contribution in [0.1, 0.15) is 20.8 Å². The fraction of sp³-hybridized carbons (Fsp3) is 0.889. The van der Waals surface area contributed by atoms with Crippen molar-refractivity contribution in [3.05, 3.63) is 0 Å². The molecule has 0 fully saturated rings. The predicted molar refractivity (Wildman–Crippen MR) is 61.1 cm³/mol. The Hall–Kier alpha value is -0.700. The van der Waals surface area contributed by atoms with Gasteiger partial charge in [-0.3, -0.25) is 4.79 Å². The summed E-state index contributed by atoms with van der Waals surface area (Å²) in [5.74, 6) is -1.77. The van der Waals surface area contributed by atoms with Crippen LogP contribution in [0.15, 0.2) is 0 Å². The van der Waals surface area contributed by atoms with E-state index in [0.29, 0.717) is 0 Å². The first-order valence-corrected chi connectivity index (χ1v) is 6.83. The molecule has 0 spiro atoms. The Morgan fingerprint density at radius 1 is 1.35 bits per heavy atom. The summed E-state index contributed by atoms with van der Waals surface area (Å²) in [4.78, 5) is 10.7. The number of nitrogens with one attached hydrogen (secondary N) is 1. The van der Waals surface area contributed by atoms with E-state index in [1.165, 1.54) is 6.92 Å². The fourth-order valence-electron chi connectivity index (χ4n) is 1.00. The van der Waals surface area contributed by atoms with Gasteiger partial charge in [0.25, 0.3) is 0 Å². The Morgan fingerprint density at radius 2 is 1.88 bits per heavy atom. The van der Waals surface area contributed by atoms with Crippen molar-refractivity contribution in [1.29, 1.82) is 0 Å². The summed E-state index contributed by atoms with van der Waals surface area (Å²) in [6, 6.07) is -1.54. The van der Waals surface area contributed by atoms with Gasteiger partial charge >= 0.3 is 5.97 Å². The van der Waals surface area contributed by atoms with Crippen molar-refractivity contribution in [2.24, 2.45) is 0 Å². The second-order valence-corrected chi connectivity index (χ2v) is 5.79. The van der Waals surface area contributed by atoms with Crippen LogP contribution in [0.3, 0.4) is 0 Å². The van der Waals surface area contributed by atoms with Crippen LogP contribution in [-0.4, -0.2) is 55.2 Å². The van der Waals surface area contributed by atoms with Crippen molar-refractivity contribution in [3.63, 3.8) is 0 Å². The Kier molecular flexibility index (Phi) is 6.61. The summed E-state index contributed by atoms with van der Waals surface area (Å²) >= 11 is 0. The summed E-state index contributed by atoms with van der Waals surface area (Å²) < 4.78 is 29.9. The highest BCUT2D eigenvalue weighted by atomic mass is 32.2. The second-order valence-electron chi connectivity index (χ2n) is 3.91. The summed E-state index contributed by atoms with van der Waals surface area (Å²) in [7, 11) is -3.78. The van der Waals surface area contributed by atoms with Gasteiger partial charge in [-0.05, 0) is 20.8 Å². The van der Waals surface area contributed by atoms with Crippen LogP contribution in [0, 0.1) is 0 Å². The zero-order chi connectivity index (χ0) is 13.6. The summed E-state index contributed by atoms with van der Waals surface area (Å²) in [6.45, 7) is 4.69. The normalized spacial score (nSPS) is 15.8. The summed E-state index contributed by atoms with van der Waals surface area (Å²) in [6.07, 6.45) is -1.41. The third-order valence-electron chi connectivity index (χ3n) is 1.86. The van der Waals surface area contributed by atoms with Crippen LogP contribution >= 0.6 is 0 Å². The highest BCUT2D eigenvalue weighted by Gasteiger charge is 2.28. The lowest BCUT2D eigenvalue weighted by Crippen LogP contribution is -2.48. The van der Waals surface area contributed by atoms with Gasteiger partial charge in [0.15, 0.2) is 0 Å². The number of hydrogen-bond donors (Lipinski definition) is 3. The number of carboxylic acid groups (broad SMARTS) is 1. The molecule has 17 heavy (non-hydrogen) atoms. The van der Waals surface area contributed by atoms with Crippen molar-refractivity contribution in [3.8, 4) is 0 Å². The summed E-state index contributed by atoms with van der Waals surface area (Å²) in [5, 5.41) is 17.8. The highest BCUT2D eigenvalue weighted by Crippen LogP contribution is 1.98. The van der Waals surface area contributed by atoms with Crippen molar-refractivity contribution in [1.82, 2.24) is 4.72 Å². The van der Waals surface area contributed by atoms with Crippen LogP contribution in [0.2, 0.25) is 0 Å². The number of aliphatic hydroxyl groups excluding tert-OH is 1. The lowest BCUT2D eigenvalue weighted by molar-refractivity contribution is -0.141. The molecule has 0 aliphatic carbocycles. The van der Waals surface area contributed by atoms with Crippen molar-refractivity contribution >= 4 is 16.0 Å². The van der Waals surface area contributed by atoms with Crippen molar-refractivity contribution < 1.29 is 28.2 Å². The van der Waals surface area contributed by atoms with E-state index < -0.39 is 28.1 Å². The van der Waals surface area contributed by atoms with Crippen molar-refractivity contribution in [2.75, 3.05) is 12.4 Å². The molecule has 0 radical (unpaired) electrons. The van der Waals surface area contributed by atoms with Gasteiger partial charge in [0.2, 0.25) is 10.0 Å². The first-order chi connectivity index (χ1) is 7.65. The standard InChI is InChI=1S/C9H19NO6S/c1-6(2)16-4-5-17(14,15)10-8(7(3)11)9(12)13/h6-8,10-11H,4-5H2,1-3H3,(H,12,13)/t7-,8+/m1/s1. The van der Waals surface area contributed by atoms with Crippen LogP contribution in [0.25, 0.3) is 0 Å². The molecule has 2 atom stereocenters. The molecule has 0 heterocycles. The molecule has 3 N–H and O–H groups in total.